The molecule has 0 saturated carbocycles. The maximum atomic E-state index is 12.4. The third kappa shape index (κ3) is 4.80. The van der Waals surface area contributed by atoms with Crippen LogP contribution in [0.15, 0.2) is 29.2 Å². The first-order valence-electron chi connectivity index (χ1n) is 6.73. The van der Waals surface area contributed by atoms with Gasteiger partial charge in [-0.05, 0) is 43.5 Å². The van der Waals surface area contributed by atoms with Crippen molar-refractivity contribution >= 4 is 15.9 Å². The largest absolute Gasteiger partial charge is 0.366 e. The van der Waals surface area contributed by atoms with Crippen LogP contribution in [0.2, 0.25) is 0 Å². The van der Waals surface area contributed by atoms with Crippen LogP contribution in [0.3, 0.4) is 0 Å². The zero-order chi connectivity index (χ0) is 16.3. The molecule has 21 heavy (non-hydrogen) atoms. The molecule has 0 aliphatic carbocycles. The predicted octanol–water partition coefficient (Wildman–Crippen LogP) is 0.827. The van der Waals surface area contributed by atoms with E-state index >= 15 is 0 Å². The molecule has 1 rings (SSSR count). The number of carbonyl (C=O) groups excluding carboxylic acids is 1. The number of hydrogen-bond acceptors (Lipinski definition) is 4. The number of carbonyl (C=O) groups is 1. The lowest BCUT2D eigenvalue weighted by molar-refractivity contribution is 0.1000. The first-order chi connectivity index (χ1) is 9.59. The average Bonchev–Trinajstić information content (AvgIpc) is 2.37. The molecule has 6 nitrogen and oxygen atoms in total. The Hall–Kier alpha value is -1.44. The van der Waals surface area contributed by atoms with Gasteiger partial charge in [-0.2, -0.15) is 0 Å². The molecule has 0 aliphatic rings. The Bertz CT molecular complexity index is 596. The number of hydrogen-bond donors (Lipinski definition) is 3. The summed E-state index contributed by atoms with van der Waals surface area (Å²) < 4.78 is 27.4. The van der Waals surface area contributed by atoms with Gasteiger partial charge in [0.15, 0.2) is 0 Å². The van der Waals surface area contributed by atoms with Gasteiger partial charge < -0.3 is 11.5 Å². The molecule has 0 aromatic heterocycles. The highest BCUT2D eigenvalue weighted by atomic mass is 32.2. The molecule has 0 radical (unpaired) electrons. The highest BCUT2D eigenvalue weighted by molar-refractivity contribution is 7.89. The summed E-state index contributed by atoms with van der Waals surface area (Å²) in [6, 6.07) is 5.49. The third-order valence-electron chi connectivity index (χ3n) is 3.14. The standard InChI is InChI=1S/C14H23N3O3S/c1-10(2)8-14(3,9-15)17-21(19,20)12-6-4-11(5-7-12)13(16)18/h4-7,10,17H,8-9,15H2,1-3H3,(H2,16,18). The van der Waals surface area contributed by atoms with Gasteiger partial charge in [-0.1, -0.05) is 13.8 Å². The maximum Gasteiger partial charge on any atom is 0.248 e. The van der Waals surface area contributed by atoms with E-state index in [4.69, 9.17) is 11.5 Å². The molecule has 7 heteroatoms. The number of nitrogens with two attached hydrogens (primary N) is 2. The Morgan fingerprint density at radius 3 is 2.19 bits per heavy atom. The first kappa shape index (κ1) is 17.6. The normalized spacial score (nSPS) is 14.9. The highest BCUT2D eigenvalue weighted by Crippen LogP contribution is 2.19. The van der Waals surface area contributed by atoms with Crippen LogP contribution >= 0.6 is 0 Å². The van der Waals surface area contributed by atoms with Crippen molar-refractivity contribution in [3.05, 3.63) is 29.8 Å². The minimum Gasteiger partial charge on any atom is -0.366 e. The van der Waals surface area contributed by atoms with Gasteiger partial charge in [0.2, 0.25) is 15.9 Å². The Morgan fingerprint density at radius 2 is 1.81 bits per heavy atom. The van der Waals surface area contributed by atoms with E-state index in [2.05, 4.69) is 4.72 Å². The fourth-order valence-electron chi connectivity index (χ4n) is 2.25. The Labute approximate surface area is 126 Å². The van der Waals surface area contributed by atoms with Crippen molar-refractivity contribution in [2.75, 3.05) is 6.54 Å². The number of rotatable bonds is 7. The number of nitrogens with one attached hydrogen (secondary N) is 1. The Kier molecular flexibility index (Phi) is 5.49. The van der Waals surface area contributed by atoms with Gasteiger partial charge in [0.05, 0.1) is 4.90 Å². The fourth-order valence-corrected chi connectivity index (χ4v) is 3.68. The molecule has 1 aromatic carbocycles. The molecular weight excluding hydrogens is 290 g/mol. The van der Waals surface area contributed by atoms with Gasteiger partial charge in [0, 0.05) is 17.6 Å². The molecule has 118 valence electrons. The minimum atomic E-state index is -3.70. The maximum absolute atomic E-state index is 12.4. The van der Waals surface area contributed by atoms with E-state index in [1.54, 1.807) is 6.92 Å². The van der Waals surface area contributed by atoms with E-state index in [-0.39, 0.29) is 17.0 Å². The number of benzene rings is 1. The molecule has 0 saturated heterocycles. The number of primary amides is 1. The summed E-state index contributed by atoms with van der Waals surface area (Å²) in [5.41, 5.74) is 10.4. The van der Waals surface area contributed by atoms with Crippen molar-refractivity contribution in [1.82, 2.24) is 4.72 Å². The van der Waals surface area contributed by atoms with Crippen LogP contribution in [0.1, 0.15) is 37.6 Å². The molecular formula is C14H23N3O3S. The lowest BCUT2D eigenvalue weighted by Crippen LogP contribution is -2.51. The summed E-state index contributed by atoms with van der Waals surface area (Å²) in [5, 5.41) is 0. The molecule has 0 fully saturated rings. The first-order valence-corrected chi connectivity index (χ1v) is 8.22. The second-order valence-electron chi connectivity index (χ2n) is 5.86. The van der Waals surface area contributed by atoms with Gasteiger partial charge in [0.1, 0.15) is 0 Å². The lowest BCUT2D eigenvalue weighted by atomic mass is 9.92. The smallest absolute Gasteiger partial charge is 0.248 e. The zero-order valence-electron chi connectivity index (χ0n) is 12.6. The van der Waals surface area contributed by atoms with Crippen LogP contribution in [0.5, 0.6) is 0 Å². The molecule has 1 amide bonds. The number of sulfonamides is 1. The van der Waals surface area contributed by atoms with Crippen LogP contribution in [-0.2, 0) is 10.0 Å². The van der Waals surface area contributed by atoms with Crippen LogP contribution in [0.4, 0.5) is 0 Å². The van der Waals surface area contributed by atoms with Crippen molar-refractivity contribution in [2.24, 2.45) is 17.4 Å². The molecule has 1 unspecified atom stereocenters. The Balaban J connectivity index is 3.02. The molecule has 5 N–H and O–H groups in total. The van der Waals surface area contributed by atoms with Crippen LogP contribution in [0.25, 0.3) is 0 Å². The van der Waals surface area contributed by atoms with Crippen molar-refractivity contribution < 1.29 is 13.2 Å². The summed E-state index contributed by atoms with van der Waals surface area (Å²) in [4.78, 5) is 11.1. The average molecular weight is 313 g/mol. The quantitative estimate of drug-likeness (QED) is 0.691. The topological polar surface area (TPSA) is 115 Å². The van der Waals surface area contributed by atoms with Crippen LogP contribution < -0.4 is 16.2 Å². The summed E-state index contributed by atoms with van der Waals surface area (Å²) in [5.74, 6) is -0.294. The number of amides is 1. The van der Waals surface area contributed by atoms with E-state index in [1.807, 2.05) is 13.8 Å². The van der Waals surface area contributed by atoms with Gasteiger partial charge in [0.25, 0.3) is 0 Å². The fraction of sp³-hybridized carbons (Fsp3) is 0.500. The second-order valence-corrected chi connectivity index (χ2v) is 7.54. The van der Waals surface area contributed by atoms with Crippen molar-refractivity contribution in [2.45, 2.75) is 37.6 Å². The van der Waals surface area contributed by atoms with Gasteiger partial charge in [-0.15, -0.1) is 0 Å². The van der Waals surface area contributed by atoms with Gasteiger partial charge in [-0.3, -0.25) is 4.79 Å². The Morgan fingerprint density at radius 1 is 1.29 bits per heavy atom. The lowest BCUT2D eigenvalue weighted by Gasteiger charge is -2.30. The summed E-state index contributed by atoms with van der Waals surface area (Å²) in [6.45, 7) is 5.99. The van der Waals surface area contributed by atoms with E-state index in [0.29, 0.717) is 12.3 Å². The third-order valence-corrected chi connectivity index (χ3v) is 4.79. The molecule has 1 aromatic rings. The molecule has 0 aliphatic heterocycles. The predicted molar refractivity (Wildman–Crippen MR) is 82.2 cm³/mol. The van der Waals surface area contributed by atoms with E-state index in [0.717, 1.165) is 0 Å². The zero-order valence-corrected chi connectivity index (χ0v) is 13.4. The molecule has 0 heterocycles. The molecule has 1 atom stereocenters. The monoisotopic (exact) mass is 313 g/mol. The summed E-state index contributed by atoms with van der Waals surface area (Å²) >= 11 is 0. The van der Waals surface area contributed by atoms with Gasteiger partial charge in [-0.25, -0.2) is 13.1 Å². The second kappa shape index (κ2) is 6.55. The van der Waals surface area contributed by atoms with Crippen molar-refractivity contribution in [1.29, 1.82) is 0 Å². The summed E-state index contributed by atoms with van der Waals surface area (Å²) in [7, 11) is -3.70. The SMILES string of the molecule is CC(C)CC(C)(CN)NS(=O)(=O)c1ccc(C(N)=O)cc1. The van der Waals surface area contributed by atoms with E-state index < -0.39 is 21.5 Å². The summed E-state index contributed by atoms with van der Waals surface area (Å²) in [6.07, 6.45) is 0.627. The minimum absolute atomic E-state index is 0.0796. The van der Waals surface area contributed by atoms with E-state index in [1.165, 1.54) is 24.3 Å². The van der Waals surface area contributed by atoms with Crippen molar-refractivity contribution in [3.8, 4) is 0 Å². The van der Waals surface area contributed by atoms with Gasteiger partial charge >= 0.3 is 0 Å². The van der Waals surface area contributed by atoms with Crippen LogP contribution in [-0.4, -0.2) is 26.4 Å². The van der Waals surface area contributed by atoms with Crippen molar-refractivity contribution in [3.63, 3.8) is 0 Å². The molecule has 0 spiro atoms. The van der Waals surface area contributed by atoms with E-state index in [9.17, 15) is 13.2 Å². The van der Waals surface area contributed by atoms with Crippen LogP contribution in [0, 0.1) is 5.92 Å². The highest BCUT2D eigenvalue weighted by Gasteiger charge is 2.30. The molecule has 0 bridgehead atoms.